The van der Waals surface area contributed by atoms with E-state index in [1.165, 1.54) is 22.9 Å². The Labute approximate surface area is 67.9 Å². The van der Waals surface area contributed by atoms with Crippen LogP contribution in [0.5, 0.6) is 0 Å². The second-order valence-electron chi connectivity index (χ2n) is 2.37. The van der Waals surface area contributed by atoms with Crippen LogP contribution in [0.2, 0.25) is 0 Å². The lowest BCUT2D eigenvalue weighted by Gasteiger charge is -1.90. The van der Waals surface area contributed by atoms with Crippen molar-refractivity contribution >= 4 is 5.78 Å². The van der Waals surface area contributed by atoms with Gasteiger partial charge in [-0.3, -0.25) is 4.40 Å². The highest BCUT2D eigenvalue weighted by molar-refractivity contribution is 5.29. The van der Waals surface area contributed by atoms with Gasteiger partial charge in [0.25, 0.3) is 0 Å². The molecule has 0 saturated heterocycles. The fourth-order valence-corrected chi connectivity index (χ4v) is 1.01. The van der Waals surface area contributed by atoms with Crippen molar-refractivity contribution < 1.29 is 4.39 Å². The molecule has 0 atom stereocenters. The van der Waals surface area contributed by atoms with Crippen molar-refractivity contribution in [1.29, 1.82) is 0 Å². The number of fused-ring (bicyclic) bond motifs is 1. The minimum absolute atomic E-state index is 0.294. The molecule has 2 aromatic rings. The van der Waals surface area contributed by atoms with Gasteiger partial charge in [0.15, 0.2) is 0 Å². The molecule has 0 amide bonds. The van der Waals surface area contributed by atoms with Crippen LogP contribution >= 0.6 is 0 Å². The Bertz CT molecular complexity index is 409. The van der Waals surface area contributed by atoms with E-state index >= 15 is 0 Å². The fourth-order valence-electron chi connectivity index (χ4n) is 1.01. The second-order valence-corrected chi connectivity index (χ2v) is 2.37. The second kappa shape index (κ2) is 2.53. The van der Waals surface area contributed by atoms with Crippen molar-refractivity contribution in [3.05, 3.63) is 30.1 Å². The average molecular weight is 166 g/mol. The van der Waals surface area contributed by atoms with Crippen molar-refractivity contribution in [3.63, 3.8) is 0 Å². The highest BCUT2D eigenvalue weighted by Gasteiger charge is 2.03. The minimum Gasteiger partial charge on any atom is -0.325 e. The topological polar surface area (TPSA) is 56.2 Å². The Morgan fingerprint density at radius 3 is 3.08 bits per heavy atom. The monoisotopic (exact) mass is 166 g/mol. The van der Waals surface area contributed by atoms with E-state index in [1.54, 1.807) is 0 Å². The van der Waals surface area contributed by atoms with E-state index in [0.29, 0.717) is 18.0 Å². The Kier molecular flexibility index (Phi) is 1.51. The van der Waals surface area contributed by atoms with Crippen LogP contribution in [0.4, 0.5) is 4.39 Å². The summed E-state index contributed by atoms with van der Waals surface area (Å²) in [5.41, 5.74) is 5.97. The zero-order valence-corrected chi connectivity index (χ0v) is 6.24. The third-order valence-electron chi connectivity index (χ3n) is 1.58. The van der Waals surface area contributed by atoms with Gasteiger partial charge in [-0.1, -0.05) is 0 Å². The Balaban J connectivity index is 2.74. The molecule has 0 aliphatic heterocycles. The van der Waals surface area contributed by atoms with E-state index < -0.39 is 0 Å². The lowest BCUT2D eigenvalue weighted by molar-refractivity contribution is 0.564. The van der Waals surface area contributed by atoms with Crippen LogP contribution < -0.4 is 5.73 Å². The molecule has 2 N–H and O–H groups in total. The predicted molar refractivity (Wildman–Crippen MR) is 40.8 cm³/mol. The summed E-state index contributed by atoms with van der Waals surface area (Å²) in [6.07, 6.45) is 2.91. The first kappa shape index (κ1) is 7.17. The summed E-state index contributed by atoms with van der Waals surface area (Å²) in [6, 6.07) is 1.27. The number of imidazole rings is 1. The predicted octanol–water partition coefficient (Wildman–Crippen LogP) is 0.327. The summed E-state index contributed by atoms with van der Waals surface area (Å²) in [7, 11) is 0. The van der Waals surface area contributed by atoms with Gasteiger partial charge >= 0.3 is 0 Å². The summed E-state index contributed by atoms with van der Waals surface area (Å²) in [4.78, 5) is 7.85. The molecule has 5 heteroatoms. The van der Waals surface area contributed by atoms with Gasteiger partial charge in [0.05, 0.1) is 5.69 Å². The molecule has 0 fully saturated rings. The summed E-state index contributed by atoms with van der Waals surface area (Å²) >= 11 is 0. The van der Waals surface area contributed by atoms with Gasteiger partial charge in [-0.15, -0.1) is 0 Å². The van der Waals surface area contributed by atoms with Crippen LogP contribution in [0, 0.1) is 5.95 Å². The molecule has 0 radical (unpaired) electrons. The molecular formula is C7H7FN4. The zero-order valence-electron chi connectivity index (χ0n) is 6.24. The summed E-state index contributed by atoms with van der Waals surface area (Å²) < 4.78 is 14.2. The number of nitrogens with zero attached hydrogens (tertiary/aromatic N) is 3. The van der Waals surface area contributed by atoms with Crippen molar-refractivity contribution in [2.45, 2.75) is 6.54 Å². The molecule has 12 heavy (non-hydrogen) atoms. The number of aromatic nitrogens is 3. The first-order chi connectivity index (χ1) is 5.81. The van der Waals surface area contributed by atoms with Gasteiger partial charge in [0.2, 0.25) is 11.7 Å². The summed E-state index contributed by atoms with van der Waals surface area (Å²) in [5.74, 6) is -0.0392. The maximum atomic E-state index is 13.0. The maximum absolute atomic E-state index is 13.0. The highest BCUT2D eigenvalue weighted by Crippen LogP contribution is 2.03. The number of nitrogens with two attached hydrogens (primary N) is 1. The van der Waals surface area contributed by atoms with E-state index in [4.69, 9.17) is 5.73 Å². The zero-order chi connectivity index (χ0) is 8.55. The SMILES string of the molecule is NCc1cn2c(F)ccnc2n1. The van der Waals surface area contributed by atoms with Crippen LogP contribution in [0.3, 0.4) is 0 Å². The summed E-state index contributed by atoms with van der Waals surface area (Å²) in [5, 5.41) is 0. The third-order valence-corrected chi connectivity index (χ3v) is 1.58. The molecule has 0 aliphatic rings. The third kappa shape index (κ3) is 0.947. The Hall–Kier alpha value is -1.49. The molecule has 0 spiro atoms. The maximum Gasteiger partial charge on any atom is 0.236 e. The van der Waals surface area contributed by atoms with E-state index in [2.05, 4.69) is 9.97 Å². The van der Waals surface area contributed by atoms with Crippen molar-refractivity contribution in [2.75, 3.05) is 0 Å². The minimum atomic E-state index is -0.382. The first-order valence-corrected chi connectivity index (χ1v) is 3.50. The lowest BCUT2D eigenvalue weighted by Crippen LogP contribution is -1.95. The molecule has 62 valence electrons. The number of hydrogen-bond donors (Lipinski definition) is 1. The Morgan fingerprint density at radius 2 is 2.42 bits per heavy atom. The molecule has 0 saturated carbocycles. The average Bonchev–Trinajstić information content (AvgIpc) is 2.49. The molecule has 0 aliphatic carbocycles. The standard InChI is InChI=1S/C7H7FN4/c8-6-1-2-10-7-11-5(3-9)4-12(6)7/h1-2,4H,3,9H2. The van der Waals surface area contributed by atoms with Gasteiger partial charge in [0, 0.05) is 25.0 Å². The quantitative estimate of drug-likeness (QED) is 0.621. The van der Waals surface area contributed by atoms with Gasteiger partial charge in [-0.05, 0) is 0 Å². The molecule has 4 nitrogen and oxygen atoms in total. The van der Waals surface area contributed by atoms with Gasteiger partial charge in [-0.2, -0.15) is 4.39 Å². The normalized spacial score (nSPS) is 10.8. The summed E-state index contributed by atoms with van der Waals surface area (Å²) in [6.45, 7) is 0.294. The number of hydrogen-bond acceptors (Lipinski definition) is 3. The van der Waals surface area contributed by atoms with E-state index in [9.17, 15) is 4.39 Å². The lowest BCUT2D eigenvalue weighted by atomic mass is 10.5. The highest BCUT2D eigenvalue weighted by atomic mass is 19.1. The number of halogens is 1. The van der Waals surface area contributed by atoms with Crippen LogP contribution in [0.25, 0.3) is 5.78 Å². The largest absolute Gasteiger partial charge is 0.325 e. The molecule has 2 aromatic heterocycles. The number of rotatable bonds is 1. The van der Waals surface area contributed by atoms with Crippen LogP contribution in [0.1, 0.15) is 5.69 Å². The van der Waals surface area contributed by atoms with Crippen LogP contribution in [0.15, 0.2) is 18.5 Å². The molecular weight excluding hydrogens is 159 g/mol. The van der Waals surface area contributed by atoms with Gasteiger partial charge in [-0.25, -0.2) is 9.97 Å². The fraction of sp³-hybridized carbons (Fsp3) is 0.143. The first-order valence-electron chi connectivity index (χ1n) is 3.50. The van der Waals surface area contributed by atoms with E-state index in [0.717, 1.165) is 0 Å². The van der Waals surface area contributed by atoms with Gasteiger partial charge in [0.1, 0.15) is 0 Å². The van der Waals surface area contributed by atoms with Crippen molar-refractivity contribution in [2.24, 2.45) is 5.73 Å². The van der Waals surface area contributed by atoms with Crippen molar-refractivity contribution in [3.8, 4) is 0 Å². The molecule has 0 aromatic carbocycles. The molecule has 0 unspecified atom stereocenters. The van der Waals surface area contributed by atoms with Crippen LogP contribution in [-0.2, 0) is 6.54 Å². The molecule has 0 bridgehead atoms. The van der Waals surface area contributed by atoms with Crippen molar-refractivity contribution in [1.82, 2.24) is 14.4 Å². The van der Waals surface area contributed by atoms with E-state index in [-0.39, 0.29) is 5.95 Å². The van der Waals surface area contributed by atoms with Crippen LogP contribution in [-0.4, -0.2) is 14.4 Å². The molecule has 2 heterocycles. The van der Waals surface area contributed by atoms with E-state index in [1.807, 2.05) is 0 Å². The van der Waals surface area contributed by atoms with Gasteiger partial charge < -0.3 is 5.73 Å². The molecule has 2 rings (SSSR count). The smallest absolute Gasteiger partial charge is 0.236 e. The Morgan fingerprint density at radius 1 is 1.58 bits per heavy atom.